The molecule has 0 radical (unpaired) electrons. The fraction of sp³-hybridized carbons (Fsp3) is 0.406. The number of nitrogens with one attached hydrogen (secondary N) is 1. The number of carbonyl (C=O) groups is 2. The highest BCUT2D eigenvalue weighted by Gasteiger charge is 2.50. The summed E-state index contributed by atoms with van der Waals surface area (Å²) in [6.07, 6.45) is -0.240. The van der Waals surface area contributed by atoms with Crippen LogP contribution in [0.3, 0.4) is 0 Å². The first-order valence-electron chi connectivity index (χ1n) is 15.7. The van der Waals surface area contributed by atoms with Crippen LogP contribution >= 0.6 is 23.4 Å². The molecule has 13 nitrogen and oxygen atoms in total. The predicted octanol–water partition coefficient (Wildman–Crippen LogP) is 4.75. The molecule has 262 valence electrons. The zero-order valence-corrected chi connectivity index (χ0v) is 28.3. The van der Waals surface area contributed by atoms with Crippen LogP contribution in [0.5, 0.6) is 5.75 Å². The zero-order chi connectivity index (χ0) is 35.5. The second kappa shape index (κ2) is 12.7. The van der Waals surface area contributed by atoms with Gasteiger partial charge in [-0.15, -0.1) is 16.9 Å². The number of hydrogen-bond donors (Lipinski definition) is 2. The number of rotatable bonds is 5. The van der Waals surface area contributed by atoms with Crippen LogP contribution in [0.15, 0.2) is 35.4 Å². The molecule has 0 saturated carbocycles. The van der Waals surface area contributed by atoms with Gasteiger partial charge in [-0.3, -0.25) is 14.4 Å². The van der Waals surface area contributed by atoms with Crippen LogP contribution in [0.25, 0.3) is 11.4 Å². The fourth-order valence-corrected chi connectivity index (χ4v) is 8.73. The van der Waals surface area contributed by atoms with E-state index in [1.165, 1.54) is 10.8 Å². The van der Waals surface area contributed by atoms with Crippen LogP contribution < -0.4 is 10.9 Å². The molecule has 18 heteroatoms. The number of anilines is 1. The van der Waals surface area contributed by atoms with E-state index in [9.17, 15) is 32.7 Å². The normalized spacial score (nSPS) is 18.7. The Morgan fingerprint density at radius 1 is 1.22 bits per heavy atom. The Hall–Kier alpha value is -4.48. The number of aryl methyl sites for hydroxylation is 1. The predicted molar refractivity (Wildman–Crippen MR) is 177 cm³/mol. The van der Waals surface area contributed by atoms with Crippen LogP contribution in [-0.2, 0) is 27.0 Å². The van der Waals surface area contributed by atoms with Gasteiger partial charge in [-0.05, 0) is 56.9 Å². The Kier molecular flexibility index (Phi) is 8.63. The van der Waals surface area contributed by atoms with Crippen molar-refractivity contribution in [2.75, 3.05) is 31.6 Å². The average Bonchev–Trinajstić information content (AvgIpc) is 3.65. The highest BCUT2D eigenvalue weighted by atomic mass is 35.5. The number of thioether (sulfide) groups is 1. The molecule has 4 aromatic rings. The van der Waals surface area contributed by atoms with E-state index < -0.39 is 28.3 Å². The summed E-state index contributed by atoms with van der Waals surface area (Å²) >= 11 is 7.69. The summed E-state index contributed by atoms with van der Waals surface area (Å²) in [6, 6.07) is 2.66. The molecule has 1 atom stereocenters. The number of amides is 2. The van der Waals surface area contributed by atoms with Gasteiger partial charge in [-0.1, -0.05) is 17.7 Å². The molecule has 2 N–H and O–H groups in total. The van der Waals surface area contributed by atoms with Gasteiger partial charge in [0.25, 0.3) is 11.5 Å². The van der Waals surface area contributed by atoms with Gasteiger partial charge in [-0.25, -0.2) is 9.97 Å². The number of nitrogens with zero attached hydrogens (tertiary/aromatic N) is 7. The van der Waals surface area contributed by atoms with E-state index >= 15 is 0 Å². The quantitative estimate of drug-likeness (QED) is 0.294. The fourth-order valence-electron chi connectivity index (χ4n) is 6.74. The highest BCUT2D eigenvalue weighted by Crippen LogP contribution is 2.58. The van der Waals surface area contributed by atoms with Crippen molar-refractivity contribution in [3.63, 3.8) is 0 Å². The third kappa shape index (κ3) is 5.90. The van der Waals surface area contributed by atoms with E-state index in [4.69, 9.17) is 21.3 Å². The summed E-state index contributed by atoms with van der Waals surface area (Å²) in [5.41, 5.74) is 0.660. The molecule has 6 heterocycles. The molecule has 0 unspecified atom stereocenters. The van der Waals surface area contributed by atoms with Crippen molar-refractivity contribution in [2.24, 2.45) is 0 Å². The molecule has 50 heavy (non-hydrogen) atoms. The molecule has 1 aromatic carbocycles. The first-order valence-corrected chi connectivity index (χ1v) is 17.0. The molecule has 1 saturated heterocycles. The number of fused-ring (bicyclic) bond motifs is 3. The SMILES string of the molecule is Cc1ncnc(C(=O)N2CCC3(CC2)S[C@H](C)c2c3c(=O)n3nc(C4=CCOCC4)nc3n2CC(=O)Nc2ccc(C(F)(F)F)cc2Cl)c1O. The van der Waals surface area contributed by atoms with Gasteiger partial charge in [0.2, 0.25) is 11.7 Å². The molecule has 1 spiro atoms. The highest BCUT2D eigenvalue weighted by molar-refractivity contribution is 8.00. The number of hydrogen-bond acceptors (Lipinski definition) is 10. The third-order valence-electron chi connectivity index (χ3n) is 9.22. The minimum absolute atomic E-state index is 0.00579. The second-order valence-corrected chi connectivity index (χ2v) is 14.4. The molecule has 1 fully saturated rings. The lowest BCUT2D eigenvalue weighted by Gasteiger charge is -2.39. The summed E-state index contributed by atoms with van der Waals surface area (Å²) in [5, 5.41) is 17.0. The van der Waals surface area contributed by atoms with Gasteiger partial charge >= 0.3 is 6.18 Å². The Morgan fingerprint density at radius 3 is 2.66 bits per heavy atom. The minimum Gasteiger partial charge on any atom is -0.504 e. The Morgan fingerprint density at radius 2 is 1.98 bits per heavy atom. The van der Waals surface area contributed by atoms with E-state index in [-0.39, 0.29) is 64.1 Å². The maximum Gasteiger partial charge on any atom is 0.416 e. The molecule has 3 aliphatic heterocycles. The van der Waals surface area contributed by atoms with Gasteiger partial charge in [0.05, 0.1) is 45.5 Å². The first-order chi connectivity index (χ1) is 23.8. The second-order valence-electron chi connectivity index (χ2n) is 12.3. The van der Waals surface area contributed by atoms with Crippen LogP contribution in [0.4, 0.5) is 18.9 Å². The number of ether oxygens (including phenoxy) is 1. The average molecular weight is 731 g/mol. The van der Waals surface area contributed by atoms with Crippen molar-refractivity contribution in [3.05, 3.63) is 80.0 Å². The van der Waals surface area contributed by atoms with E-state index in [0.717, 1.165) is 23.8 Å². The number of carbonyl (C=O) groups excluding carboxylic acids is 2. The molecular weight excluding hydrogens is 701 g/mol. The topological polar surface area (TPSA) is 157 Å². The van der Waals surface area contributed by atoms with Crippen molar-refractivity contribution in [1.82, 2.24) is 34.0 Å². The molecule has 0 aliphatic carbocycles. The lowest BCUT2D eigenvalue weighted by atomic mass is 9.87. The largest absolute Gasteiger partial charge is 0.504 e. The van der Waals surface area contributed by atoms with Crippen molar-refractivity contribution in [1.29, 1.82) is 0 Å². The van der Waals surface area contributed by atoms with Crippen LogP contribution in [0, 0.1) is 6.92 Å². The van der Waals surface area contributed by atoms with Gasteiger partial charge in [0.15, 0.2) is 17.3 Å². The number of halogens is 4. The zero-order valence-electron chi connectivity index (χ0n) is 26.8. The maximum absolute atomic E-state index is 14.4. The number of benzene rings is 1. The maximum atomic E-state index is 14.4. The van der Waals surface area contributed by atoms with Gasteiger partial charge in [0, 0.05) is 24.0 Å². The lowest BCUT2D eigenvalue weighted by Crippen LogP contribution is -2.45. The Bertz CT molecular complexity index is 2140. The van der Waals surface area contributed by atoms with Crippen LogP contribution in [0.1, 0.15) is 70.3 Å². The summed E-state index contributed by atoms with van der Waals surface area (Å²) < 4.78 is 47.2. The summed E-state index contributed by atoms with van der Waals surface area (Å²) in [5.74, 6) is -0.876. The summed E-state index contributed by atoms with van der Waals surface area (Å²) in [6.45, 7) is 4.50. The smallest absolute Gasteiger partial charge is 0.416 e. The van der Waals surface area contributed by atoms with E-state index in [0.29, 0.717) is 49.6 Å². The summed E-state index contributed by atoms with van der Waals surface area (Å²) in [7, 11) is 0. The number of piperidine rings is 1. The molecule has 3 aliphatic rings. The van der Waals surface area contributed by atoms with E-state index in [1.807, 2.05) is 13.0 Å². The molecule has 0 bridgehead atoms. The van der Waals surface area contributed by atoms with E-state index in [2.05, 4.69) is 20.4 Å². The monoisotopic (exact) mass is 730 g/mol. The van der Waals surface area contributed by atoms with Crippen LogP contribution in [-0.4, -0.2) is 77.3 Å². The van der Waals surface area contributed by atoms with Gasteiger partial charge < -0.3 is 24.6 Å². The number of alkyl halides is 3. The Labute approximate surface area is 291 Å². The lowest BCUT2D eigenvalue weighted by molar-refractivity contribution is -0.137. The third-order valence-corrected chi connectivity index (χ3v) is 11.2. The van der Waals surface area contributed by atoms with Crippen molar-refractivity contribution in [2.45, 2.75) is 55.8 Å². The van der Waals surface area contributed by atoms with E-state index in [1.54, 1.807) is 28.2 Å². The van der Waals surface area contributed by atoms with Crippen molar-refractivity contribution < 1.29 is 32.6 Å². The molecule has 3 aromatic heterocycles. The number of likely N-dealkylation sites (tertiary alicyclic amines) is 1. The van der Waals surface area contributed by atoms with Crippen LogP contribution in [0.2, 0.25) is 5.02 Å². The number of aromatic nitrogens is 6. The molecular formula is C32H30ClF3N8O5S. The standard InChI is InChI=1S/C32H30ClF3N8O5S/c1-16-26(46)24(38-15-37-16)29(48)42-9-7-31(8-10-42)23-25(17(2)50-31)43(14-22(45)39-21-4-3-19(13-20(21)33)32(34,35)36)30-40-27(41-44(30)28(23)47)18-5-11-49-12-6-18/h3-5,13,15,17,46H,6-12,14H2,1-2H3,(H,39,45)/t17-/m1/s1. The number of aromatic hydroxyl groups is 1. The van der Waals surface area contributed by atoms with Crippen molar-refractivity contribution >= 4 is 52.2 Å². The van der Waals surface area contributed by atoms with Crippen molar-refractivity contribution in [3.8, 4) is 5.75 Å². The minimum atomic E-state index is -4.61. The Balaban J connectivity index is 1.26. The summed E-state index contributed by atoms with van der Waals surface area (Å²) in [4.78, 5) is 55.5. The van der Waals surface area contributed by atoms with Gasteiger partial charge in [0.1, 0.15) is 12.9 Å². The molecule has 7 rings (SSSR count). The first kappa shape index (κ1) is 34.0. The van der Waals surface area contributed by atoms with Gasteiger partial charge in [-0.2, -0.15) is 22.7 Å². The molecule has 2 amide bonds.